The zero-order valence-electron chi connectivity index (χ0n) is 21.1. The van der Waals surface area contributed by atoms with Gasteiger partial charge in [0, 0.05) is 37.9 Å². The monoisotopic (exact) mass is 531 g/mol. The Bertz CT molecular complexity index is 1720. The van der Waals surface area contributed by atoms with E-state index in [2.05, 4.69) is 25.6 Å². The minimum Gasteiger partial charge on any atom is -0.329 e. The fourth-order valence-electron chi connectivity index (χ4n) is 4.04. The molecule has 3 aromatic carbocycles. The van der Waals surface area contributed by atoms with E-state index in [-0.39, 0.29) is 11.6 Å². The number of para-hydroxylation sites is 1. The summed E-state index contributed by atoms with van der Waals surface area (Å²) in [6.07, 6.45) is 2.87. The molecule has 38 heavy (non-hydrogen) atoms. The van der Waals surface area contributed by atoms with Gasteiger partial charge in [-0.1, -0.05) is 24.3 Å². The molecule has 11 heteroatoms. The Morgan fingerprint density at radius 1 is 0.974 bits per heavy atom. The maximum Gasteiger partial charge on any atom is 0.229 e. The molecular formula is C27H26FN7O2S. The van der Waals surface area contributed by atoms with Crippen LogP contribution in [0.4, 0.5) is 39.2 Å². The minimum atomic E-state index is -3.10. The summed E-state index contributed by atoms with van der Waals surface area (Å²) in [5.41, 5.74) is 4.32. The van der Waals surface area contributed by atoms with Gasteiger partial charge < -0.3 is 20.1 Å². The van der Waals surface area contributed by atoms with E-state index in [9.17, 15) is 12.8 Å². The third kappa shape index (κ3) is 5.57. The van der Waals surface area contributed by atoms with Crippen LogP contribution in [-0.4, -0.2) is 41.2 Å². The molecule has 9 nitrogen and oxygen atoms in total. The molecule has 194 valence electrons. The molecule has 0 atom stereocenters. The number of rotatable bonds is 8. The molecular weight excluding hydrogens is 505 g/mol. The molecule has 0 unspecified atom stereocenters. The predicted molar refractivity (Wildman–Crippen MR) is 149 cm³/mol. The van der Waals surface area contributed by atoms with E-state index >= 15 is 0 Å². The van der Waals surface area contributed by atoms with Crippen LogP contribution in [0.1, 0.15) is 5.56 Å². The Morgan fingerprint density at radius 2 is 1.74 bits per heavy atom. The number of hydrogen-bond donors (Lipinski definition) is 2. The van der Waals surface area contributed by atoms with Crippen molar-refractivity contribution in [1.82, 2.24) is 19.5 Å². The molecule has 0 amide bonds. The highest BCUT2D eigenvalue weighted by atomic mass is 32.2. The Hall–Kier alpha value is -4.51. The van der Waals surface area contributed by atoms with Crippen LogP contribution in [-0.2, 0) is 22.6 Å². The number of aromatic nitrogens is 4. The number of sulfone groups is 1. The van der Waals surface area contributed by atoms with E-state index in [1.165, 1.54) is 12.3 Å². The van der Waals surface area contributed by atoms with Crippen LogP contribution >= 0.6 is 0 Å². The fraction of sp³-hybridized carbons (Fsp3) is 0.148. The lowest BCUT2D eigenvalue weighted by molar-refractivity contribution is 0.601. The second-order valence-corrected chi connectivity index (χ2v) is 11.1. The number of aryl methyl sites for hydroxylation is 1. The van der Waals surface area contributed by atoms with Crippen LogP contribution in [0.25, 0.3) is 11.0 Å². The number of fused-ring (bicyclic) bond motifs is 1. The number of imidazole rings is 1. The molecule has 5 rings (SSSR count). The average molecular weight is 532 g/mol. The van der Waals surface area contributed by atoms with E-state index in [1.54, 1.807) is 54.7 Å². The molecule has 0 bridgehead atoms. The van der Waals surface area contributed by atoms with Crippen molar-refractivity contribution < 1.29 is 12.8 Å². The van der Waals surface area contributed by atoms with Crippen molar-refractivity contribution in [2.45, 2.75) is 5.75 Å². The molecule has 0 spiro atoms. The number of halogens is 1. The second kappa shape index (κ2) is 10.1. The van der Waals surface area contributed by atoms with Crippen LogP contribution in [0.5, 0.6) is 0 Å². The first-order valence-corrected chi connectivity index (χ1v) is 13.8. The maximum absolute atomic E-state index is 14.1. The van der Waals surface area contributed by atoms with Crippen molar-refractivity contribution in [2.24, 2.45) is 7.05 Å². The third-order valence-corrected chi connectivity index (χ3v) is 6.85. The molecule has 0 aliphatic carbocycles. The van der Waals surface area contributed by atoms with Gasteiger partial charge in [0.1, 0.15) is 11.6 Å². The lowest BCUT2D eigenvalue weighted by Crippen LogP contribution is -2.12. The van der Waals surface area contributed by atoms with Gasteiger partial charge in [0.2, 0.25) is 11.9 Å². The van der Waals surface area contributed by atoms with Crippen LogP contribution < -0.4 is 15.5 Å². The topological polar surface area (TPSA) is 105 Å². The summed E-state index contributed by atoms with van der Waals surface area (Å²) >= 11 is 0. The molecule has 0 fully saturated rings. The molecule has 0 aliphatic rings. The van der Waals surface area contributed by atoms with E-state index in [0.717, 1.165) is 22.4 Å². The Balaban J connectivity index is 1.35. The zero-order chi connectivity index (χ0) is 26.9. The first-order valence-electron chi connectivity index (χ1n) is 11.7. The molecule has 0 aliphatic heterocycles. The van der Waals surface area contributed by atoms with Gasteiger partial charge in [-0.05, 0) is 54.1 Å². The number of benzene rings is 3. The smallest absolute Gasteiger partial charge is 0.229 e. The Morgan fingerprint density at radius 3 is 2.47 bits per heavy atom. The number of nitrogens with one attached hydrogen (secondary N) is 2. The quantitative estimate of drug-likeness (QED) is 0.278. The van der Waals surface area contributed by atoms with Crippen molar-refractivity contribution in [3.8, 4) is 0 Å². The molecule has 0 saturated carbocycles. The molecule has 0 radical (unpaired) electrons. The Labute approximate surface area is 219 Å². The van der Waals surface area contributed by atoms with Crippen molar-refractivity contribution in [3.63, 3.8) is 0 Å². The predicted octanol–water partition coefficient (Wildman–Crippen LogP) is 5.30. The molecule has 2 N–H and O–H groups in total. The molecule has 5 aromatic rings. The Kier molecular flexibility index (Phi) is 6.68. The van der Waals surface area contributed by atoms with E-state index < -0.39 is 9.84 Å². The second-order valence-electron chi connectivity index (χ2n) is 8.96. The number of hydrogen-bond acceptors (Lipinski definition) is 8. The SMILES string of the molecule is CN(c1ccc2c(c1)nc(Nc1ccccc1F)n2C)c1ccnc(Nc2ccc(CS(C)(=O)=O)cc2)n1. The minimum absolute atomic E-state index is 0.00856. The van der Waals surface area contributed by atoms with Crippen molar-refractivity contribution in [2.75, 3.05) is 28.8 Å². The summed E-state index contributed by atoms with van der Waals surface area (Å²) < 4.78 is 39.0. The standard InChI is InChI=1S/C27H26FN7O2S/c1-34(25-14-15-29-26(33-25)30-19-10-8-18(9-11-19)17-38(3,36)37)20-12-13-24-23(16-20)32-27(35(24)2)31-22-7-5-4-6-21(22)28/h4-16H,17H2,1-3H3,(H,31,32)(H,29,30,33). The molecule has 0 saturated heterocycles. The van der Waals surface area contributed by atoms with Gasteiger partial charge in [0.05, 0.1) is 22.5 Å². The average Bonchev–Trinajstić information content (AvgIpc) is 3.20. The van der Waals surface area contributed by atoms with Crippen LogP contribution in [0.15, 0.2) is 79.0 Å². The third-order valence-electron chi connectivity index (χ3n) is 6.00. The highest BCUT2D eigenvalue weighted by Crippen LogP contribution is 2.29. The van der Waals surface area contributed by atoms with Crippen LogP contribution in [0.3, 0.4) is 0 Å². The van der Waals surface area contributed by atoms with Crippen LogP contribution in [0, 0.1) is 5.82 Å². The van der Waals surface area contributed by atoms with Crippen LogP contribution in [0.2, 0.25) is 0 Å². The van der Waals surface area contributed by atoms with Gasteiger partial charge in [-0.15, -0.1) is 0 Å². The summed E-state index contributed by atoms with van der Waals surface area (Å²) in [5, 5.41) is 6.22. The van der Waals surface area contributed by atoms with Crippen molar-refractivity contribution >= 4 is 55.6 Å². The highest BCUT2D eigenvalue weighted by molar-refractivity contribution is 7.89. The molecule has 2 heterocycles. The summed E-state index contributed by atoms with van der Waals surface area (Å²) in [6.45, 7) is 0. The number of nitrogens with zero attached hydrogens (tertiary/aromatic N) is 5. The first-order chi connectivity index (χ1) is 18.2. The summed E-state index contributed by atoms with van der Waals surface area (Å²) in [6, 6.07) is 21.2. The van der Waals surface area contributed by atoms with Gasteiger partial charge >= 0.3 is 0 Å². The van der Waals surface area contributed by atoms with Gasteiger partial charge in [-0.3, -0.25) is 0 Å². The summed E-state index contributed by atoms with van der Waals surface area (Å²) in [7, 11) is 0.674. The van der Waals surface area contributed by atoms with E-state index in [4.69, 9.17) is 0 Å². The van der Waals surface area contributed by atoms with Gasteiger partial charge in [-0.25, -0.2) is 22.8 Å². The number of anilines is 6. The van der Waals surface area contributed by atoms with Gasteiger partial charge in [-0.2, -0.15) is 4.98 Å². The lowest BCUT2D eigenvalue weighted by atomic mass is 10.2. The summed E-state index contributed by atoms with van der Waals surface area (Å²) in [4.78, 5) is 15.5. The van der Waals surface area contributed by atoms with Gasteiger partial charge in [0.25, 0.3) is 0 Å². The lowest BCUT2D eigenvalue weighted by Gasteiger charge is -2.19. The zero-order valence-corrected chi connectivity index (χ0v) is 21.9. The normalized spacial score (nSPS) is 11.5. The summed E-state index contributed by atoms with van der Waals surface area (Å²) in [5.74, 6) is 1.24. The molecule has 2 aromatic heterocycles. The van der Waals surface area contributed by atoms with Gasteiger partial charge in [0.15, 0.2) is 9.84 Å². The van der Waals surface area contributed by atoms with Crippen molar-refractivity contribution in [1.29, 1.82) is 0 Å². The van der Waals surface area contributed by atoms with E-state index in [1.807, 2.05) is 41.8 Å². The van der Waals surface area contributed by atoms with E-state index in [0.29, 0.717) is 29.0 Å². The van der Waals surface area contributed by atoms with Crippen molar-refractivity contribution in [3.05, 3.63) is 90.4 Å². The largest absolute Gasteiger partial charge is 0.329 e. The highest BCUT2D eigenvalue weighted by Gasteiger charge is 2.14. The first kappa shape index (κ1) is 25.2. The maximum atomic E-state index is 14.1. The fourth-order valence-corrected chi connectivity index (χ4v) is 4.83.